The quantitative estimate of drug-likeness (QED) is 0.516. The Morgan fingerprint density at radius 2 is 1.83 bits per heavy atom. The number of aromatic amines is 1. The van der Waals surface area contributed by atoms with Crippen LogP contribution in [-0.4, -0.2) is 33.2 Å². The molecule has 0 spiro atoms. The van der Waals surface area contributed by atoms with Gasteiger partial charge in [0.25, 0.3) is 5.56 Å². The van der Waals surface area contributed by atoms with Gasteiger partial charge in [0.15, 0.2) is 0 Å². The number of hydrogen-bond acceptors (Lipinski definition) is 5. The second kappa shape index (κ2) is 10.7. The van der Waals surface area contributed by atoms with Crippen LogP contribution in [0.1, 0.15) is 28.8 Å². The van der Waals surface area contributed by atoms with E-state index in [2.05, 4.69) is 51.5 Å². The molecule has 30 heavy (non-hydrogen) atoms. The number of rotatable bonds is 9. The number of amides is 1. The van der Waals surface area contributed by atoms with Crippen molar-refractivity contribution < 1.29 is 4.79 Å². The first-order valence-electron chi connectivity index (χ1n) is 9.93. The monoisotopic (exact) mass is 422 g/mol. The third kappa shape index (κ3) is 6.29. The average Bonchev–Trinajstić information content (AvgIpc) is 2.74. The molecule has 0 aliphatic rings. The highest BCUT2D eigenvalue weighted by atomic mass is 32.2. The zero-order valence-corrected chi connectivity index (χ0v) is 18.1. The van der Waals surface area contributed by atoms with Gasteiger partial charge in [-0.05, 0) is 38.0 Å². The van der Waals surface area contributed by atoms with Gasteiger partial charge >= 0.3 is 0 Å². The molecule has 0 unspecified atom stereocenters. The van der Waals surface area contributed by atoms with E-state index in [1.807, 2.05) is 0 Å². The van der Waals surface area contributed by atoms with E-state index >= 15 is 0 Å². The standard InChI is InChI=1S/C23H26N4O2S/c1-16-3-5-18(6-4-16)15-30-14-13-25-21(28)8-7-20-17(2)26-22(27-23(20)29)19-9-11-24-12-10-19/h3-6,9-12H,7-8,13-15H2,1-2H3,(H,25,28)(H,26,27,29). The van der Waals surface area contributed by atoms with Crippen molar-refractivity contribution in [2.24, 2.45) is 0 Å². The van der Waals surface area contributed by atoms with Gasteiger partial charge in [0.1, 0.15) is 5.82 Å². The number of aryl methyl sites for hydroxylation is 2. The van der Waals surface area contributed by atoms with E-state index < -0.39 is 0 Å². The predicted molar refractivity (Wildman–Crippen MR) is 121 cm³/mol. The van der Waals surface area contributed by atoms with Gasteiger partial charge in [0.2, 0.25) is 5.91 Å². The Morgan fingerprint density at radius 1 is 1.10 bits per heavy atom. The van der Waals surface area contributed by atoms with E-state index in [0.29, 0.717) is 30.0 Å². The van der Waals surface area contributed by atoms with Gasteiger partial charge in [0.05, 0.1) is 0 Å². The van der Waals surface area contributed by atoms with Gasteiger partial charge in [-0.15, -0.1) is 0 Å². The van der Waals surface area contributed by atoms with Crippen LogP contribution in [0.3, 0.4) is 0 Å². The first-order chi connectivity index (χ1) is 14.5. The number of benzene rings is 1. The van der Waals surface area contributed by atoms with Crippen LogP contribution in [0.15, 0.2) is 53.6 Å². The highest BCUT2D eigenvalue weighted by molar-refractivity contribution is 7.98. The van der Waals surface area contributed by atoms with Gasteiger partial charge in [0, 0.05) is 53.7 Å². The summed E-state index contributed by atoms with van der Waals surface area (Å²) in [4.78, 5) is 35.9. The first kappa shape index (κ1) is 21.8. The van der Waals surface area contributed by atoms with E-state index in [4.69, 9.17) is 0 Å². The van der Waals surface area contributed by atoms with Crippen molar-refractivity contribution in [1.29, 1.82) is 0 Å². The van der Waals surface area contributed by atoms with E-state index in [1.54, 1.807) is 43.2 Å². The molecule has 2 heterocycles. The van der Waals surface area contributed by atoms with Crippen molar-refractivity contribution in [2.75, 3.05) is 12.3 Å². The minimum Gasteiger partial charge on any atom is -0.355 e. The van der Waals surface area contributed by atoms with Crippen LogP contribution >= 0.6 is 11.8 Å². The summed E-state index contributed by atoms with van der Waals surface area (Å²) in [5.41, 5.74) is 4.35. The van der Waals surface area contributed by atoms with Gasteiger partial charge in [-0.2, -0.15) is 11.8 Å². The molecule has 0 aliphatic heterocycles. The van der Waals surface area contributed by atoms with Crippen LogP contribution in [-0.2, 0) is 17.0 Å². The normalized spacial score (nSPS) is 10.7. The van der Waals surface area contributed by atoms with Crippen LogP contribution in [0.2, 0.25) is 0 Å². The molecule has 7 heteroatoms. The molecule has 1 aromatic carbocycles. The van der Waals surface area contributed by atoms with Gasteiger partial charge in [-0.3, -0.25) is 14.6 Å². The fraction of sp³-hybridized carbons (Fsp3) is 0.304. The van der Waals surface area contributed by atoms with E-state index in [1.165, 1.54) is 11.1 Å². The lowest BCUT2D eigenvalue weighted by molar-refractivity contribution is -0.120. The van der Waals surface area contributed by atoms with E-state index in [9.17, 15) is 9.59 Å². The third-order valence-corrected chi connectivity index (χ3v) is 5.77. The van der Waals surface area contributed by atoms with Crippen LogP contribution in [0.25, 0.3) is 11.4 Å². The SMILES string of the molecule is Cc1ccc(CSCCNC(=O)CCc2c(C)nc(-c3ccncc3)[nH]c2=O)cc1. The Kier molecular flexibility index (Phi) is 7.79. The Bertz CT molecular complexity index is 1030. The number of aromatic nitrogens is 3. The summed E-state index contributed by atoms with van der Waals surface area (Å²) < 4.78 is 0. The van der Waals surface area contributed by atoms with E-state index in [0.717, 1.165) is 17.1 Å². The van der Waals surface area contributed by atoms with Gasteiger partial charge in [-0.1, -0.05) is 29.8 Å². The summed E-state index contributed by atoms with van der Waals surface area (Å²) in [7, 11) is 0. The molecule has 2 N–H and O–H groups in total. The molecule has 0 aliphatic carbocycles. The number of pyridine rings is 1. The third-order valence-electron chi connectivity index (χ3n) is 4.74. The minimum absolute atomic E-state index is 0.0528. The Morgan fingerprint density at radius 3 is 2.53 bits per heavy atom. The molecule has 3 rings (SSSR count). The predicted octanol–water partition coefficient (Wildman–Crippen LogP) is 3.43. The molecular formula is C23H26N4O2S. The Hall–Kier alpha value is -2.93. The smallest absolute Gasteiger partial charge is 0.254 e. The number of nitrogens with zero attached hydrogens (tertiary/aromatic N) is 2. The van der Waals surface area contributed by atoms with Gasteiger partial charge in [-0.25, -0.2) is 4.98 Å². The zero-order chi connectivity index (χ0) is 21.3. The molecule has 0 saturated carbocycles. The molecule has 0 radical (unpaired) electrons. The van der Waals surface area contributed by atoms with Crippen LogP contribution in [0, 0.1) is 13.8 Å². The number of thioether (sulfide) groups is 1. The van der Waals surface area contributed by atoms with Crippen LogP contribution in [0.5, 0.6) is 0 Å². The lowest BCUT2D eigenvalue weighted by atomic mass is 10.1. The molecular weight excluding hydrogens is 396 g/mol. The highest BCUT2D eigenvalue weighted by Gasteiger charge is 2.11. The van der Waals surface area contributed by atoms with Crippen molar-refractivity contribution >= 4 is 17.7 Å². The first-order valence-corrected chi connectivity index (χ1v) is 11.1. The second-order valence-electron chi connectivity index (χ2n) is 7.10. The number of H-pyrrole nitrogens is 1. The lowest BCUT2D eigenvalue weighted by Gasteiger charge is -2.08. The molecule has 2 aromatic heterocycles. The summed E-state index contributed by atoms with van der Waals surface area (Å²) in [6.45, 7) is 4.49. The van der Waals surface area contributed by atoms with Crippen molar-refractivity contribution in [1.82, 2.24) is 20.3 Å². The molecule has 156 valence electrons. The average molecular weight is 423 g/mol. The fourth-order valence-electron chi connectivity index (χ4n) is 3.02. The number of carbonyl (C=O) groups excluding carboxylic acids is 1. The summed E-state index contributed by atoms with van der Waals surface area (Å²) in [5.74, 6) is 2.24. The lowest BCUT2D eigenvalue weighted by Crippen LogP contribution is -2.27. The largest absolute Gasteiger partial charge is 0.355 e. The highest BCUT2D eigenvalue weighted by Crippen LogP contribution is 2.14. The van der Waals surface area contributed by atoms with Crippen molar-refractivity contribution in [3.63, 3.8) is 0 Å². The van der Waals surface area contributed by atoms with Crippen molar-refractivity contribution in [2.45, 2.75) is 32.4 Å². The van der Waals surface area contributed by atoms with E-state index in [-0.39, 0.29) is 17.9 Å². The van der Waals surface area contributed by atoms with Crippen LogP contribution in [0.4, 0.5) is 0 Å². The topological polar surface area (TPSA) is 87.7 Å². The maximum absolute atomic E-state index is 12.5. The molecule has 0 atom stereocenters. The molecule has 0 bridgehead atoms. The molecule has 0 fully saturated rings. The fourth-order valence-corrected chi connectivity index (χ4v) is 3.83. The summed E-state index contributed by atoms with van der Waals surface area (Å²) >= 11 is 1.79. The van der Waals surface area contributed by atoms with Crippen LogP contribution < -0.4 is 10.9 Å². The minimum atomic E-state index is -0.198. The Labute approximate surface area is 180 Å². The molecule has 6 nitrogen and oxygen atoms in total. The van der Waals surface area contributed by atoms with Gasteiger partial charge < -0.3 is 10.3 Å². The second-order valence-corrected chi connectivity index (χ2v) is 8.21. The number of carbonyl (C=O) groups is 1. The van der Waals surface area contributed by atoms with Crippen molar-refractivity contribution in [3.05, 3.63) is 81.5 Å². The number of hydrogen-bond donors (Lipinski definition) is 2. The molecule has 3 aromatic rings. The maximum atomic E-state index is 12.5. The zero-order valence-electron chi connectivity index (χ0n) is 17.3. The maximum Gasteiger partial charge on any atom is 0.254 e. The number of nitrogens with one attached hydrogen (secondary N) is 2. The molecule has 1 amide bonds. The van der Waals surface area contributed by atoms with Crippen molar-refractivity contribution in [3.8, 4) is 11.4 Å². The summed E-state index contributed by atoms with van der Waals surface area (Å²) in [5, 5.41) is 2.93. The summed E-state index contributed by atoms with van der Waals surface area (Å²) in [6.07, 6.45) is 3.94. The summed E-state index contributed by atoms with van der Waals surface area (Å²) in [6, 6.07) is 12.1. The molecule has 0 saturated heterocycles. The Balaban J connectivity index is 1.43.